The second-order valence-corrected chi connectivity index (χ2v) is 9.00. The van der Waals surface area contributed by atoms with Gasteiger partial charge in [0.25, 0.3) is 0 Å². The lowest BCUT2D eigenvalue weighted by Crippen LogP contribution is -2.27. The van der Waals surface area contributed by atoms with Gasteiger partial charge in [-0.1, -0.05) is 30.4 Å². The SMILES string of the molecule is COc1cc(C=CC2c3c(ccc4c3OCO4)-c3ccc4cc5c(cc4c3N2C)OCO5)ccc1O. The molecule has 7 rings (SSSR count). The Bertz CT molecular complexity index is 1580. The minimum atomic E-state index is -0.139. The Morgan fingerprint density at radius 2 is 1.67 bits per heavy atom. The highest BCUT2D eigenvalue weighted by Crippen LogP contribution is 2.54. The molecular weight excluding hydrogens is 458 g/mol. The van der Waals surface area contributed by atoms with Gasteiger partial charge in [-0.15, -0.1) is 0 Å². The number of methoxy groups -OCH3 is 1. The van der Waals surface area contributed by atoms with Crippen LogP contribution in [0.2, 0.25) is 0 Å². The van der Waals surface area contributed by atoms with Gasteiger partial charge in [0, 0.05) is 23.6 Å². The van der Waals surface area contributed by atoms with Gasteiger partial charge in [0.05, 0.1) is 18.8 Å². The van der Waals surface area contributed by atoms with Crippen LogP contribution >= 0.6 is 0 Å². The Balaban J connectivity index is 1.43. The van der Waals surface area contributed by atoms with Crippen molar-refractivity contribution in [1.82, 2.24) is 0 Å². The Morgan fingerprint density at radius 1 is 0.889 bits per heavy atom. The minimum Gasteiger partial charge on any atom is -0.504 e. The van der Waals surface area contributed by atoms with Gasteiger partial charge < -0.3 is 33.7 Å². The zero-order valence-electron chi connectivity index (χ0n) is 19.8. The first-order valence-electron chi connectivity index (χ1n) is 11.7. The average molecular weight is 482 g/mol. The summed E-state index contributed by atoms with van der Waals surface area (Å²) in [6, 6.07) is 17.6. The molecule has 1 unspecified atom stereocenters. The average Bonchev–Trinajstić information content (AvgIpc) is 3.56. The number of ether oxygens (including phenoxy) is 5. The molecule has 0 spiro atoms. The summed E-state index contributed by atoms with van der Waals surface area (Å²) in [5, 5.41) is 12.2. The summed E-state index contributed by atoms with van der Waals surface area (Å²) in [6.45, 7) is 0.437. The number of aromatic hydroxyl groups is 1. The van der Waals surface area contributed by atoms with Crippen LogP contribution in [0.25, 0.3) is 28.0 Å². The van der Waals surface area contributed by atoms with Gasteiger partial charge in [-0.3, -0.25) is 0 Å². The quantitative estimate of drug-likeness (QED) is 0.392. The molecule has 0 aromatic heterocycles. The van der Waals surface area contributed by atoms with Crippen LogP contribution in [0.5, 0.6) is 34.5 Å². The highest BCUT2D eigenvalue weighted by molar-refractivity contribution is 6.06. The van der Waals surface area contributed by atoms with E-state index in [-0.39, 0.29) is 25.4 Å². The van der Waals surface area contributed by atoms with Crippen LogP contribution in [0.4, 0.5) is 5.69 Å². The molecule has 7 nitrogen and oxygen atoms in total. The molecule has 7 heteroatoms. The first-order valence-corrected chi connectivity index (χ1v) is 11.7. The van der Waals surface area contributed by atoms with Crippen LogP contribution in [-0.2, 0) is 0 Å². The lowest BCUT2D eigenvalue weighted by atomic mass is 9.85. The van der Waals surface area contributed by atoms with Gasteiger partial charge in [-0.25, -0.2) is 0 Å². The topological polar surface area (TPSA) is 69.6 Å². The predicted octanol–water partition coefficient (Wildman–Crippen LogP) is 5.88. The fraction of sp³-hybridized carbons (Fsp3) is 0.172. The first kappa shape index (κ1) is 20.8. The van der Waals surface area contributed by atoms with Crippen LogP contribution < -0.4 is 28.6 Å². The van der Waals surface area contributed by atoms with Crippen molar-refractivity contribution in [1.29, 1.82) is 0 Å². The monoisotopic (exact) mass is 481 g/mol. The number of anilines is 1. The molecule has 0 saturated carbocycles. The lowest BCUT2D eigenvalue weighted by molar-refractivity contribution is 0.173. The summed E-state index contributed by atoms with van der Waals surface area (Å²) in [5.41, 5.74) is 5.30. The van der Waals surface area contributed by atoms with E-state index in [4.69, 9.17) is 23.7 Å². The van der Waals surface area contributed by atoms with Crippen LogP contribution in [0.1, 0.15) is 17.2 Å². The van der Waals surface area contributed by atoms with Crippen molar-refractivity contribution in [2.24, 2.45) is 0 Å². The summed E-state index contributed by atoms with van der Waals surface area (Å²) in [7, 11) is 3.63. The van der Waals surface area contributed by atoms with Crippen molar-refractivity contribution < 1.29 is 28.8 Å². The fourth-order valence-corrected chi connectivity index (χ4v) is 5.38. The number of fused-ring (bicyclic) bond motifs is 8. The number of nitrogens with zero attached hydrogens (tertiary/aromatic N) is 1. The Hall–Kier alpha value is -4.52. The van der Waals surface area contributed by atoms with Gasteiger partial charge >= 0.3 is 0 Å². The molecule has 3 heterocycles. The van der Waals surface area contributed by atoms with E-state index in [1.165, 1.54) is 0 Å². The zero-order chi connectivity index (χ0) is 24.4. The molecule has 3 aliphatic rings. The number of hydrogen-bond donors (Lipinski definition) is 1. The highest BCUT2D eigenvalue weighted by Gasteiger charge is 2.35. The van der Waals surface area contributed by atoms with E-state index in [0.29, 0.717) is 5.75 Å². The van der Waals surface area contributed by atoms with E-state index < -0.39 is 0 Å². The van der Waals surface area contributed by atoms with Crippen molar-refractivity contribution in [3.8, 4) is 45.6 Å². The number of hydrogen-bond acceptors (Lipinski definition) is 7. The number of phenolic OH excluding ortho intramolecular Hbond substituents is 1. The number of benzene rings is 4. The van der Waals surface area contributed by atoms with Gasteiger partial charge in [-0.05, 0) is 52.9 Å². The van der Waals surface area contributed by atoms with Crippen molar-refractivity contribution in [2.75, 3.05) is 32.6 Å². The van der Waals surface area contributed by atoms with Crippen molar-refractivity contribution in [2.45, 2.75) is 6.04 Å². The molecule has 1 atom stereocenters. The van der Waals surface area contributed by atoms with E-state index in [9.17, 15) is 5.11 Å². The van der Waals surface area contributed by atoms with Crippen molar-refractivity contribution in [3.63, 3.8) is 0 Å². The van der Waals surface area contributed by atoms with Gasteiger partial charge in [0.2, 0.25) is 13.6 Å². The van der Waals surface area contributed by atoms with E-state index in [1.807, 2.05) is 30.3 Å². The van der Waals surface area contributed by atoms with Gasteiger partial charge in [0.15, 0.2) is 34.5 Å². The van der Waals surface area contributed by atoms with Crippen LogP contribution in [-0.4, -0.2) is 32.8 Å². The van der Waals surface area contributed by atoms with Gasteiger partial charge in [-0.2, -0.15) is 0 Å². The Labute approximate surface area is 207 Å². The number of phenols is 1. The van der Waals surface area contributed by atoms with E-state index in [0.717, 1.165) is 61.7 Å². The summed E-state index contributed by atoms with van der Waals surface area (Å²) < 4.78 is 28.3. The largest absolute Gasteiger partial charge is 0.504 e. The molecule has 4 aromatic rings. The third-order valence-electron chi connectivity index (χ3n) is 7.09. The molecule has 36 heavy (non-hydrogen) atoms. The molecular formula is C29H23NO6. The third kappa shape index (κ3) is 2.99. The maximum absolute atomic E-state index is 10.00. The maximum atomic E-state index is 10.00. The molecule has 180 valence electrons. The number of likely N-dealkylation sites (N-methyl/N-ethyl adjacent to an activating group) is 1. The molecule has 0 fully saturated rings. The first-order chi connectivity index (χ1) is 17.6. The van der Waals surface area contributed by atoms with Crippen LogP contribution in [0.15, 0.2) is 60.7 Å². The Morgan fingerprint density at radius 3 is 2.53 bits per heavy atom. The molecule has 0 amide bonds. The molecule has 0 saturated heterocycles. The molecule has 0 aliphatic carbocycles. The van der Waals surface area contributed by atoms with Crippen LogP contribution in [0, 0.1) is 0 Å². The molecule has 0 bridgehead atoms. The molecule has 0 radical (unpaired) electrons. The Kier molecular flexibility index (Phi) is 4.48. The van der Waals surface area contributed by atoms with Gasteiger partial charge in [0.1, 0.15) is 0 Å². The van der Waals surface area contributed by atoms with Crippen molar-refractivity contribution >= 4 is 22.5 Å². The standard InChI is InChI=1S/C29H23NO6/c1-30-21(8-3-16-4-9-22(31)24(11-16)32-2)27-18(7-10-23-29(27)36-15-33-23)19-6-5-17-12-25-26(35-14-34-25)13-20(17)28(19)30/h3-13,21,31H,14-15H2,1-2H3. The highest BCUT2D eigenvalue weighted by atomic mass is 16.7. The lowest BCUT2D eigenvalue weighted by Gasteiger charge is -2.37. The molecule has 1 N–H and O–H groups in total. The summed E-state index contributed by atoms with van der Waals surface area (Å²) in [6.07, 6.45) is 4.17. The summed E-state index contributed by atoms with van der Waals surface area (Å²) >= 11 is 0. The summed E-state index contributed by atoms with van der Waals surface area (Å²) in [5.74, 6) is 3.58. The van der Waals surface area contributed by atoms with Crippen LogP contribution in [0.3, 0.4) is 0 Å². The maximum Gasteiger partial charge on any atom is 0.231 e. The van der Waals surface area contributed by atoms with E-state index in [2.05, 4.69) is 42.3 Å². The minimum absolute atomic E-state index is 0.109. The number of rotatable bonds is 3. The third-order valence-corrected chi connectivity index (χ3v) is 7.09. The second-order valence-electron chi connectivity index (χ2n) is 9.00. The summed E-state index contributed by atoms with van der Waals surface area (Å²) in [4.78, 5) is 2.26. The second kappa shape index (κ2) is 7.75. The molecule has 3 aliphatic heterocycles. The molecule has 4 aromatic carbocycles. The zero-order valence-corrected chi connectivity index (χ0v) is 19.8. The smallest absolute Gasteiger partial charge is 0.231 e. The van der Waals surface area contributed by atoms with Crippen molar-refractivity contribution in [3.05, 3.63) is 71.8 Å². The predicted molar refractivity (Wildman–Crippen MR) is 136 cm³/mol. The fourth-order valence-electron chi connectivity index (χ4n) is 5.38. The van der Waals surface area contributed by atoms with E-state index >= 15 is 0 Å². The van der Waals surface area contributed by atoms with E-state index in [1.54, 1.807) is 13.2 Å². The normalized spacial score (nSPS) is 16.9.